The van der Waals surface area contributed by atoms with Gasteiger partial charge in [-0.1, -0.05) is 35.5 Å². The number of hydrogen-bond donors (Lipinski definition) is 1. The van der Waals surface area contributed by atoms with Gasteiger partial charge in [0.2, 0.25) is 5.82 Å². The molecule has 0 spiro atoms. The number of rotatable bonds is 4. The van der Waals surface area contributed by atoms with Crippen LogP contribution in [0.5, 0.6) is 5.75 Å². The van der Waals surface area contributed by atoms with Crippen LogP contribution in [0.4, 0.5) is 5.69 Å². The zero-order valence-corrected chi connectivity index (χ0v) is 12.5. The van der Waals surface area contributed by atoms with E-state index in [9.17, 15) is 0 Å². The maximum Gasteiger partial charge on any atom is 0.264 e. The normalized spacial score (nSPS) is 10.6. The van der Waals surface area contributed by atoms with Crippen LogP contribution in [0, 0.1) is 13.8 Å². The van der Waals surface area contributed by atoms with Crippen LogP contribution in [-0.2, 0) is 6.61 Å². The van der Waals surface area contributed by atoms with Gasteiger partial charge in [-0.25, -0.2) is 0 Å². The third-order valence-electron chi connectivity index (χ3n) is 3.53. The zero-order valence-electron chi connectivity index (χ0n) is 12.5. The van der Waals surface area contributed by atoms with Gasteiger partial charge in [0.25, 0.3) is 5.89 Å². The molecule has 1 aromatic heterocycles. The Hall–Kier alpha value is -2.82. The Morgan fingerprint density at radius 3 is 2.73 bits per heavy atom. The predicted octanol–water partition coefficient (Wildman–Crippen LogP) is 3.51. The van der Waals surface area contributed by atoms with E-state index in [-0.39, 0.29) is 6.61 Å². The molecule has 0 aliphatic rings. The summed E-state index contributed by atoms with van der Waals surface area (Å²) >= 11 is 0. The summed E-state index contributed by atoms with van der Waals surface area (Å²) in [7, 11) is 0. The molecule has 0 fully saturated rings. The molecular weight excluding hydrogens is 278 g/mol. The van der Waals surface area contributed by atoms with E-state index < -0.39 is 0 Å². The lowest BCUT2D eigenvalue weighted by molar-refractivity contribution is 0.242. The quantitative estimate of drug-likeness (QED) is 0.745. The lowest BCUT2D eigenvalue weighted by Gasteiger charge is -2.05. The Balaban J connectivity index is 1.77. The number of benzene rings is 2. The molecule has 0 amide bonds. The third kappa shape index (κ3) is 2.79. The van der Waals surface area contributed by atoms with E-state index in [1.807, 2.05) is 56.3 Å². The van der Waals surface area contributed by atoms with Gasteiger partial charge >= 0.3 is 0 Å². The van der Waals surface area contributed by atoms with Crippen molar-refractivity contribution in [1.29, 1.82) is 0 Å². The highest BCUT2D eigenvalue weighted by Gasteiger charge is 2.12. The van der Waals surface area contributed by atoms with Gasteiger partial charge in [-0.15, -0.1) is 0 Å². The van der Waals surface area contributed by atoms with Crippen molar-refractivity contribution < 1.29 is 9.26 Å². The highest BCUT2D eigenvalue weighted by atomic mass is 16.5. The summed E-state index contributed by atoms with van der Waals surface area (Å²) in [4.78, 5) is 4.37. The van der Waals surface area contributed by atoms with E-state index in [1.165, 1.54) is 0 Å². The van der Waals surface area contributed by atoms with Gasteiger partial charge in [-0.3, -0.25) is 0 Å². The molecule has 5 nitrogen and oxygen atoms in total. The van der Waals surface area contributed by atoms with E-state index in [0.29, 0.717) is 17.4 Å². The number of aryl methyl sites for hydroxylation is 1. The van der Waals surface area contributed by atoms with Crippen molar-refractivity contribution in [2.75, 3.05) is 5.73 Å². The van der Waals surface area contributed by atoms with Crippen molar-refractivity contribution in [1.82, 2.24) is 10.1 Å². The van der Waals surface area contributed by atoms with Gasteiger partial charge in [0.1, 0.15) is 5.75 Å². The second-order valence-electron chi connectivity index (χ2n) is 5.09. The number of hydrogen-bond acceptors (Lipinski definition) is 5. The molecule has 5 heteroatoms. The topological polar surface area (TPSA) is 74.2 Å². The van der Waals surface area contributed by atoms with Crippen LogP contribution >= 0.6 is 0 Å². The molecule has 2 N–H and O–H groups in total. The average molecular weight is 295 g/mol. The summed E-state index contributed by atoms with van der Waals surface area (Å²) in [6, 6.07) is 13.4. The molecule has 0 atom stereocenters. The first-order valence-electron chi connectivity index (χ1n) is 7.01. The molecular formula is C17H17N3O2. The van der Waals surface area contributed by atoms with Gasteiger partial charge < -0.3 is 15.0 Å². The van der Waals surface area contributed by atoms with E-state index in [1.54, 1.807) is 0 Å². The summed E-state index contributed by atoms with van der Waals surface area (Å²) in [5.74, 6) is 1.76. The Kier molecular flexibility index (Phi) is 3.78. The first kappa shape index (κ1) is 14.1. The maximum absolute atomic E-state index is 5.91. The van der Waals surface area contributed by atoms with Crippen LogP contribution < -0.4 is 10.5 Å². The second-order valence-corrected chi connectivity index (χ2v) is 5.09. The fourth-order valence-electron chi connectivity index (χ4n) is 2.18. The Morgan fingerprint density at radius 1 is 1.09 bits per heavy atom. The van der Waals surface area contributed by atoms with Gasteiger partial charge in [0.15, 0.2) is 6.61 Å². The van der Waals surface area contributed by atoms with Gasteiger partial charge in [0, 0.05) is 11.3 Å². The predicted molar refractivity (Wildman–Crippen MR) is 84.4 cm³/mol. The largest absolute Gasteiger partial charge is 0.483 e. The number of nitrogens with two attached hydrogens (primary N) is 1. The fraction of sp³-hybridized carbons (Fsp3) is 0.176. The Morgan fingerprint density at radius 2 is 1.91 bits per heavy atom. The molecule has 2 aromatic carbocycles. The monoisotopic (exact) mass is 295 g/mol. The van der Waals surface area contributed by atoms with Crippen LogP contribution in [-0.4, -0.2) is 10.1 Å². The molecule has 3 aromatic rings. The molecule has 0 unspecified atom stereocenters. The summed E-state index contributed by atoms with van der Waals surface area (Å²) in [5, 5.41) is 4.00. The molecule has 0 saturated heterocycles. The highest BCUT2D eigenvalue weighted by Crippen LogP contribution is 2.25. The van der Waals surface area contributed by atoms with Crippen LogP contribution in [0.15, 0.2) is 47.0 Å². The first-order valence-corrected chi connectivity index (χ1v) is 7.01. The molecule has 0 bridgehead atoms. The standard InChI is InChI=1S/C17H17N3O2/c1-11-6-3-4-9-15(11)21-10-16-19-17(20-22-16)13-7-5-8-14(18)12(13)2/h3-9H,10,18H2,1-2H3. The molecule has 22 heavy (non-hydrogen) atoms. The summed E-state index contributed by atoms with van der Waals surface area (Å²) in [5.41, 5.74) is 9.48. The van der Waals surface area contributed by atoms with E-state index >= 15 is 0 Å². The maximum atomic E-state index is 5.91. The molecule has 112 valence electrons. The zero-order chi connectivity index (χ0) is 15.5. The Labute approximate surface area is 128 Å². The molecule has 3 rings (SSSR count). The minimum atomic E-state index is 0.235. The van der Waals surface area contributed by atoms with Crippen LogP contribution in [0.2, 0.25) is 0 Å². The molecule has 0 radical (unpaired) electrons. The minimum Gasteiger partial charge on any atom is -0.483 e. The van der Waals surface area contributed by atoms with Gasteiger partial charge in [-0.05, 0) is 37.1 Å². The molecule has 0 saturated carbocycles. The van der Waals surface area contributed by atoms with Crippen LogP contribution in [0.25, 0.3) is 11.4 Å². The van der Waals surface area contributed by atoms with Crippen molar-refractivity contribution in [3.05, 3.63) is 59.5 Å². The summed E-state index contributed by atoms with van der Waals surface area (Å²) < 4.78 is 11.0. The lowest BCUT2D eigenvalue weighted by Crippen LogP contribution is -1.97. The third-order valence-corrected chi connectivity index (χ3v) is 3.53. The summed E-state index contributed by atoms with van der Waals surface area (Å²) in [6.45, 7) is 4.16. The van der Waals surface area contributed by atoms with Crippen molar-refractivity contribution >= 4 is 5.69 Å². The van der Waals surface area contributed by atoms with Gasteiger partial charge in [0.05, 0.1) is 0 Å². The second kappa shape index (κ2) is 5.89. The van der Waals surface area contributed by atoms with Crippen LogP contribution in [0.1, 0.15) is 17.0 Å². The number of para-hydroxylation sites is 1. The molecule has 0 aliphatic heterocycles. The lowest BCUT2D eigenvalue weighted by atomic mass is 10.1. The fourth-order valence-corrected chi connectivity index (χ4v) is 2.18. The first-order chi connectivity index (χ1) is 10.6. The van der Waals surface area contributed by atoms with Crippen molar-refractivity contribution in [2.24, 2.45) is 0 Å². The average Bonchev–Trinajstić information content (AvgIpc) is 2.98. The number of aromatic nitrogens is 2. The number of ether oxygens (including phenoxy) is 1. The van der Waals surface area contributed by atoms with Crippen molar-refractivity contribution in [2.45, 2.75) is 20.5 Å². The van der Waals surface area contributed by atoms with E-state index in [2.05, 4.69) is 10.1 Å². The Bertz CT molecular complexity index is 796. The van der Waals surface area contributed by atoms with Crippen LogP contribution in [0.3, 0.4) is 0 Å². The number of nitrogen functional groups attached to an aromatic ring is 1. The number of nitrogens with zero attached hydrogens (tertiary/aromatic N) is 2. The number of anilines is 1. The highest BCUT2D eigenvalue weighted by molar-refractivity contribution is 5.67. The molecule has 0 aliphatic carbocycles. The summed E-state index contributed by atoms with van der Waals surface area (Å²) in [6.07, 6.45) is 0. The SMILES string of the molecule is Cc1ccccc1OCc1nc(-c2cccc(N)c2C)no1. The smallest absolute Gasteiger partial charge is 0.264 e. The van der Waals surface area contributed by atoms with Crippen molar-refractivity contribution in [3.8, 4) is 17.1 Å². The van der Waals surface area contributed by atoms with E-state index in [0.717, 1.165) is 22.4 Å². The van der Waals surface area contributed by atoms with Gasteiger partial charge in [-0.2, -0.15) is 4.98 Å². The van der Waals surface area contributed by atoms with E-state index in [4.69, 9.17) is 15.0 Å². The molecule has 1 heterocycles. The van der Waals surface area contributed by atoms with Crippen molar-refractivity contribution in [3.63, 3.8) is 0 Å². The minimum absolute atomic E-state index is 0.235.